The van der Waals surface area contributed by atoms with Gasteiger partial charge in [0.05, 0.1) is 13.0 Å². The van der Waals surface area contributed by atoms with E-state index < -0.39 is 41.3 Å². The highest BCUT2D eigenvalue weighted by Crippen LogP contribution is 2.36. The number of benzene rings is 2. The molecule has 1 aliphatic heterocycles. The van der Waals surface area contributed by atoms with Crippen LogP contribution >= 0.6 is 0 Å². The largest absolute Gasteiger partial charge is 0.497 e. The van der Waals surface area contributed by atoms with Gasteiger partial charge in [-0.15, -0.1) is 0 Å². The van der Waals surface area contributed by atoms with Crippen LogP contribution in [0.1, 0.15) is 82.8 Å². The van der Waals surface area contributed by atoms with Crippen molar-refractivity contribution in [2.45, 2.75) is 89.9 Å². The zero-order valence-electron chi connectivity index (χ0n) is 26.9. The molecule has 0 saturated heterocycles. The predicted octanol–water partition coefficient (Wildman–Crippen LogP) is 5.60. The van der Waals surface area contributed by atoms with Gasteiger partial charge in [0.25, 0.3) is 5.91 Å². The molecule has 244 valence electrons. The van der Waals surface area contributed by atoms with E-state index >= 15 is 0 Å². The lowest BCUT2D eigenvalue weighted by molar-refractivity contribution is -0.166. The first-order valence-corrected chi connectivity index (χ1v) is 16.0. The number of ketones is 1. The number of carbonyl (C=O) groups excluding carboxylic acids is 4. The summed E-state index contributed by atoms with van der Waals surface area (Å²) in [6.07, 6.45) is 5.13. The molecule has 2 N–H and O–H groups in total. The second-order valence-corrected chi connectivity index (χ2v) is 12.9. The quantitative estimate of drug-likeness (QED) is 0.168. The third-order valence-corrected chi connectivity index (χ3v) is 8.29. The van der Waals surface area contributed by atoms with E-state index in [9.17, 15) is 19.2 Å². The highest BCUT2D eigenvalue weighted by atomic mass is 16.6. The van der Waals surface area contributed by atoms with Crippen molar-refractivity contribution in [3.63, 3.8) is 0 Å². The number of carbonyl (C=O) groups is 4. The lowest BCUT2D eigenvalue weighted by Gasteiger charge is -2.36. The molecule has 45 heavy (non-hydrogen) atoms. The zero-order chi connectivity index (χ0) is 32.4. The minimum Gasteiger partial charge on any atom is -0.497 e. The molecule has 2 aromatic carbocycles. The molecule has 2 atom stereocenters. The summed E-state index contributed by atoms with van der Waals surface area (Å²) in [6.45, 7) is 6.30. The minimum atomic E-state index is -0.977. The molecular weight excluding hydrogens is 574 g/mol. The molecule has 1 unspecified atom stereocenters. The molecule has 0 spiro atoms. The first-order valence-electron chi connectivity index (χ1n) is 16.0. The topological polar surface area (TPSA) is 123 Å². The van der Waals surface area contributed by atoms with Crippen molar-refractivity contribution in [3.8, 4) is 5.75 Å². The Balaban J connectivity index is 1.49. The van der Waals surface area contributed by atoms with Crippen LogP contribution < -0.4 is 15.4 Å². The maximum atomic E-state index is 14.1. The second kappa shape index (κ2) is 15.8. The Morgan fingerprint density at radius 3 is 2.44 bits per heavy atom. The van der Waals surface area contributed by atoms with Crippen LogP contribution in [0.15, 0.2) is 48.5 Å². The fourth-order valence-electron chi connectivity index (χ4n) is 6.00. The molecule has 1 fully saturated rings. The van der Waals surface area contributed by atoms with E-state index in [1.54, 1.807) is 33.9 Å². The number of nitrogens with zero attached hydrogens (tertiary/aromatic N) is 1. The molecule has 0 aromatic heterocycles. The molecular formula is C35H47N3O7. The van der Waals surface area contributed by atoms with Crippen molar-refractivity contribution in [1.29, 1.82) is 0 Å². The minimum absolute atomic E-state index is 0.144. The van der Waals surface area contributed by atoms with Crippen molar-refractivity contribution in [2.75, 3.05) is 32.1 Å². The first-order chi connectivity index (χ1) is 21.6. The second-order valence-electron chi connectivity index (χ2n) is 12.9. The lowest BCUT2D eigenvalue weighted by Crippen LogP contribution is -2.52. The van der Waals surface area contributed by atoms with Crippen LogP contribution in [0.4, 0.5) is 10.5 Å². The van der Waals surface area contributed by atoms with Gasteiger partial charge in [0, 0.05) is 31.4 Å². The number of fused-ring (bicyclic) bond motifs is 1. The van der Waals surface area contributed by atoms with Gasteiger partial charge in [0.15, 0.2) is 0 Å². The van der Waals surface area contributed by atoms with Crippen LogP contribution in [-0.2, 0) is 30.5 Å². The monoisotopic (exact) mass is 621 g/mol. The van der Waals surface area contributed by atoms with Gasteiger partial charge < -0.3 is 29.7 Å². The van der Waals surface area contributed by atoms with Crippen LogP contribution in [0.25, 0.3) is 0 Å². The number of anilines is 1. The third-order valence-electron chi connectivity index (χ3n) is 8.29. The lowest BCUT2D eigenvalue weighted by atomic mass is 9.88. The molecule has 4 rings (SSSR count). The number of amides is 2. The summed E-state index contributed by atoms with van der Waals surface area (Å²) >= 11 is 0. The van der Waals surface area contributed by atoms with Crippen LogP contribution in [0.3, 0.4) is 0 Å². The van der Waals surface area contributed by atoms with E-state index in [1.165, 1.54) is 4.90 Å². The van der Waals surface area contributed by atoms with Gasteiger partial charge in [0.2, 0.25) is 5.78 Å². The van der Waals surface area contributed by atoms with Gasteiger partial charge in [-0.05, 0) is 69.6 Å². The molecule has 2 aliphatic rings. The van der Waals surface area contributed by atoms with Gasteiger partial charge in [-0.25, -0.2) is 9.59 Å². The summed E-state index contributed by atoms with van der Waals surface area (Å²) in [6, 6.07) is 13.8. The smallest absolute Gasteiger partial charge is 0.407 e. The molecule has 10 nitrogen and oxygen atoms in total. The zero-order valence-corrected chi connectivity index (χ0v) is 26.9. The van der Waals surface area contributed by atoms with Crippen molar-refractivity contribution < 1.29 is 33.4 Å². The number of ether oxygens (including phenoxy) is 3. The van der Waals surface area contributed by atoms with Gasteiger partial charge in [-0.3, -0.25) is 9.59 Å². The van der Waals surface area contributed by atoms with E-state index in [2.05, 4.69) is 10.6 Å². The fourth-order valence-corrected chi connectivity index (χ4v) is 6.00. The number of hydrogen-bond acceptors (Lipinski definition) is 8. The Bertz CT molecular complexity index is 1320. The molecule has 2 amide bonds. The van der Waals surface area contributed by atoms with Crippen LogP contribution in [0.2, 0.25) is 0 Å². The molecule has 0 radical (unpaired) electrons. The molecule has 1 saturated carbocycles. The number of esters is 1. The summed E-state index contributed by atoms with van der Waals surface area (Å²) in [5.41, 5.74) is 1.58. The number of nitrogens with one attached hydrogen (secondary N) is 2. The fraction of sp³-hybridized carbons (Fsp3) is 0.543. The predicted molar refractivity (Wildman–Crippen MR) is 171 cm³/mol. The molecule has 2 aromatic rings. The molecule has 1 heterocycles. The summed E-state index contributed by atoms with van der Waals surface area (Å²) in [4.78, 5) is 55.5. The highest BCUT2D eigenvalue weighted by Gasteiger charge is 2.41. The Hall–Kier alpha value is -4.08. The Morgan fingerprint density at radius 2 is 1.76 bits per heavy atom. The number of Topliss-reactive ketones (excluding diaryl/α,β-unsaturated/α-hetero) is 1. The summed E-state index contributed by atoms with van der Waals surface area (Å²) in [5, 5.41) is 5.95. The standard InChI is InChI=1S/C35H47N3O7/c1-35(2,3)45-33(41)30(16-11-19-36-34(42)44-23-25-14-9-6-10-15-25)38(22-24-12-7-5-8-13-24)32(40)31(39)28-21-37-29-20-26(43-4)17-18-27(28)29/h6,9-10,14-15,17-18,20,24,28,30,37H,5,7-8,11-13,16,19,21-23H2,1-4H3,(H,36,42)/t28?,30-/m0/s1. The van der Waals surface area contributed by atoms with Crippen LogP contribution in [-0.4, -0.2) is 67.0 Å². The average molecular weight is 622 g/mol. The number of alkyl carbamates (subject to hydrolysis) is 1. The van der Waals surface area contributed by atoms with E-state index in [0.717, 1.165) is 48.9 Å². The normalized spacial score (nSPS) is 16.9. The maximum absolute atomic E-state index is 14.1. The van der Waals surface area contributed by atoms with Crippen molar-refractivity contribution in [3.05, 3.63) is 59.7 Å². The maximum Gasteiger partial charge on any atom is 0.407 e. The van der Waals surface area contributed by atoms with E-state index in [-0.39, 0.29) is 32.0 Å². The number of methoxy groups -OCH3 is 1. The van der Waals surface area contributed by atoms with E-state index in [1.807, 2.05) is 42.5 Å². The third kappa shape index (κ3) is 9.70. The van der Waals surface area contributed by atoms with Gasteiger partial charge >= 0.3 is 12.1 Å². The first kappa shape index (κ1) is 33.8. The van der Waals surface area contributed by atoms with E-state index in [0.29, 0.717) is 18.7 Å². The van der Waals surface area contributed by atoms with Gasteiger partial charge in [-0.1, -0.05) is 55.7 Å². The molecule has 0 bridgehead atoms. The highest BCUT2D eigenvalue weighted by molar-refractivity contribution is 6.39. The van der Waals surface area contributed by atoms with E-state index in [4.69, 9.17) is 14.2 Å². The average Bonchev–Trinajstić information content (AvgIpc) is 3.45. The Morgan fingerprint density at radius 1 is 1.02 bits per heavy atom. The molecule has 1 aliphatic carbocycles. The van der Waals surface area contributed by atoms with Crippen LogP contribution in [0, 0.1) is 5.92 Å². The Kier molecular flexibility index (Phi) is 11.8. The van der Waals surface area contributed by atoms with Gasteiger partial charge in [-0.2, -0.15) is 0 Å². The summed E-state index contributed by atoms with van der Waals surface area (Å²) in [7, 11) is 1.58. The number of rotatable bonds is 13. The molecule has 10 heteroatoms. The van der Waals surface area contributed by atoms with Gasteiger partial charge in [0.1, 0.15) is 24.0 Å². The SMILES string of the molecule is COc1ccc2c(c1)NCC2C(=O)C(=O)N(CC1CCCCC1)[C@@H](CCCNC(=O)OCc1ccccc1)C(=O)OC(C)(C)C. The summed E-state index contributed by atoms with van der Waals surface area (Å²) < 4.78 is 16.4. The van der Waals surface area contributed by atoms with Crippen molar-refractivity contribution in [1.82, 2.24) is 10.2 Å². The van der Waals surface area contributed by atoms with Crippen LogP contribution in [0.5, 0.6) is 5.75 Å². The summed E-state index contributed by atoms with van der Waals surface area (Å²) in [5.74, 6) is -1.62. The van der Waals surface area contributed by atoms with Crippen molar-refractivity contribution >= 4 is 29.4 Å². The van der Waals surface area contributed by atoms with Crippen molar-refractivity contribution in [2.24, 2.45) is 5.92 Å². The Labute approximate surface area is 266 Å². The number of hydrogen-bond donors (Lipinski definition) is 2.